The first-order valence-electron chi connectivity index (χ1n) is 8.57. The second kappa shape index (κ2) is 7.68. The predicted octanol–water partition coefficient (Wildman–Crippen LogP) is 1.92. The number of unbranched alkanes of at least 4 members (excludes halogenated alkanes) is 2. The van der Waals surface area contributed by atoms with Gasteiger partial charge in [0.05, 0.1) is 5.69 Å². The van der Waals surface area contributed by atoms with Crippen LogP contribution in [0.15, 0.2) is 6.20 Å². The summed E-state index contributed by atoms with van der Waals surface area (Å²) in [5, 5.41) is 0.00869. The average molecular weight is 375 g/mol. The van der Waals surface area contributed by atoms with Gasteiger partial charge in [0.1, 0.15) is 13.5 Å². The fourth-order valence-electron chi connectivity index (χ4n) is 2.34. The van der Waals surface area contributed by atoms with Crippen molar-refractivity contribution < 1.29 is 8.42 Å². The van der Waals surface area contributed by atoms with Crippen LogP contribution in [0.4, 0.5) is 0 Å². The van der Waals surface area contributed by atoms with Crippen LogP contribution < -0.4 is 11.2 Å². The van der Waals surface area contributed by atoms with Gasteiger partial charge in [-0.2, -0.15) is 12.7 Å². The molecule has 0 saturated heterocycles. The summed E-state index contributed by atoms with van der Waals surface area (Å²) in [7, 11) is -2.53. The van der Waals surface area contributed by atoms with Gasteiger partial charge in [0.25, 0.3) is 0 Å². The van der Waals surface area contributed by atoms with E-state index < -0.39 is 18.3 Å². The summed E-state index contributed by atoms with van der Waals surface area (Å²) < 4.78 is 28.7. The molecule has 0 aliphatic carbocycles. The molecule has 0 aliphatic rings. The Bertz CT molecular complexity index is 646. The van der Waals surface area contributed by atoms with Gasteiger partial charge in [0.2, 0.25) is 0 Å². The van der Waals surface area contributed by atoms with Gasteiger partial charge < -0.3 is 5.73 Å². The molecule has 0 amide bonds. The zero-order chi connectivity index (χ0) is 18.8. The Morgan fingerprint density at radius 1 is 1.21 bits per heavy atom. The molecular formula is C16H34N4O2SSi. The number of imidazole rings is 1. The molecule has 0 fully saturated rings. The third-order valence-corrected chi connectivity index (χ3v) is 12.2. The summed E-state index contributed by atoms with van der Waals surface area (Å²) in [5.74, 6) is 0. The first-order valence-corrected chi connectivity index (χ1v) is 13.0. The Kier molecular flexibility index (Phi) is 6.83. The summed E-state index contributed by atoms with van der Waals surface area (Å²) in [6, 6.07) is 0. The van der Waals surface area contributed by atoms with Gasteiger partial charge in [0, 0.05) is 20.3 Å². The summed E-state index contributed by atoms with van der Waals surface area (Å²) in [4.78, 5) is 4.60. The molecule has 0 saturated carbocycles. The Labute approximate surface area is 148 Å². The molecule has 1 aromatic heterocycles. The molecule has 2 N–H and O–H groups in total. The van der Waals surface area contributed by atoms with E-state index in [1.165, 1.54) is 8.28 Å². The molecule has 1 aromatic rings. The summed E-state index contributed by atoms with van der Waals surface area (Å²) in [5.41, 5.74) is 7.05. The summed E-state index contributed by atoms with van der Waals surface area (Å²) >= 11 is 0. The SMILES string of the molecule is CN(C)S(=O)(=O)n1c(CCCCCN)cnc1[Si](C)(C)C(C)(C)C. The lowest BCUT2D eigenvalue weighted by Crippen LogP contribution is -2.56. The molecule has 8 heteroatoms. The third kappa shape index (κ3) is 4.28. The lowest BCUT2D eigenvalue weighted by molar-refractivity contribution is 0.509. The molecule has 24 heavy (non-hydrogen) atoms. The van der Waals surface area contributed by atoms with E-state index in [1.807, 2.05) is 0 Å². The Morgan fingerprint density at radius 2 is 1.79 bits per heavy atom. The number of rotatable bonds is 8. The fraction of sp³-hybridized carbons (Fsp3) is 0.812. The van der Waals surface area contributed by atoms with Crippen LogP contribution in [0.25, 0.3) is 0 Å². The van der Waals surface area contributed by atoms with Crippen molar-refractivity contribution in [1.82, 2.24) is 13.3 Å². The number of aromatic nitrogens is 2. The lowest BCUT2D eigenvalue weighted by atomic mass is 10.1. The van der Waals surface area contributed by atoms with Crippen molar-refractivity contribution in [1.29, 1.82) is 0 Å². The number of hydrogen-bond acceptors (Lipinski definition) is 4. The molecule has 0 atom stereocenters. The fourth-order valence-corrected chi connectivity index (χ4v) is 6.11. The van der Waals surface area contributed by atoms with Crippen LogP contribution in [0.2, 0.25) is 18.1 Å². The second-order valence-electron chi connectivity index (χ2n) is 8.10. The largest absolute Gasteiger partial charge is 0.330 e. The molecular weight excluding hydrogens is 340 g/mol. The Hall–Kier alpha value is -0.703. The first kappa shape index (κ1) is 21.3. The third-order valence-electron chi connectivity index (χ3n) is 5.05. The van der Waals surface area contributed by atoms with Crippen LogP contribution in [-0.2, 0) is 16.6 Å². The van der Waals surface area contributed by atoms with Crippen LogP contribution in [0, 0.1) is 0 Å². The molecule has 0 aliphatic heterocycles. The van der Waals surface area contributed by atoms with Gasteiger partial charge in [-0.05, 0) is 30.8 Å². The number of nitrogens with two attached hydrogens (primary N) is 1. The van der Waals surface area contributed by atoms with Crippen LogP contribution in [0.3, 0.4) is 0 Å². The molecule has 0 unspecified atom stereocenters. The quantitative estimate of drug-likeness (QED) is 0.557. The zero-order valence-electron chi connectivity index (χ0n) is 16.3. The van der Waals surface area contributed by atoms with Gasteiger partial charge in [0.15, 0.2) is 0 Å². The maximum atomic E-state index is 12.9. The van der Waals surface area contributed by atoms with Crippen molar-refractivity contribution in [3.8, 4) is 0 Å². The number of aryl methyl sites for hydroxylation is 1. The van der Waals surface area contributed by atoms with Gasteiger partial charge in [-0.25, -0.2) is 8.96 Å². The predicted molar refractivity (Wildman–Crippen MR) is 104 cm³/mol. The summed E-state index contributed by atoms with van der Waals surface area (Å²) in [6.07, 6.45) is 5.33. The van der Waals surface area contributed by atoms with Gasteiger partial charge in [-0.15, -0.1) is 0 Å². The highest BCUT2D eigenvalue weighted by molar-refractivity contribution is 7.87. The Morgan fingerprint density at radius 3 is 2.25 bits per heavy atom. The van der Waals surface area contributed by atoms with Crippen LogP contribution in [0.5, 0.6) is 0 Å². The number of nitrogens with zero attached hydrogens (tertiary/aromatic N) is 3. The van der Waals surface area contributed by atoms with Gasteiger partial charge >= 0.3 is 10.2 Å². The molecule has 1 heterocycles. The molecule has 6 nitrogen and oxygen atoms in total. The minimum absolute atomic E-state index is 0.00869. The van der Waals surface area contributed by atoms with Crippen molar-refractivity contribution in [2.75, 3.05) is 20.6 Å². The van der Waals surface area contributed by atoms with E-state index in [-0.39, 0.29) is 5.04 Å². The number of hydrogen-bond donors (Lipinski definition) is 1. The monoisotopic (exact) mass is 374 g/mol. The van der Waals surface area contributed by atoms with Crippen molar-refractivity contribution >= 4 is 23.7 Å². The average Bonchev–Trinajstić information content (AvgIpc) is 2.87. The Balaban J connectivity index is 3.40. The standard InChI is InChI=1S/C16H34N4O2SSi/c1-16(2,3)24(6,7)15-18-13-14(11-9-8-10-12-17)20(15)23(21,22)19(4)5/h13H,8-12,17H2,1-7H3. The van der Waals surface area contributed by atoms with E-state index in [4.69, 9.17) is 5.73 Å². The minimum atomic E-state index is -3.58. The minimum Gasteiger partial charge on any atom is -0.330 e. The van der Waals surface area contributed by atoms with Gasteiger partial charge in [-0.1, -0.05) is 40.3 Å². The highest BCUT2D eigenvalue weighted by Crippen LogP contribution is 2.35. The van der Waals surface area contributed by atoms with E-state index in [2.05, 4.69) is 38.8 Å². The van der Waals surface area contributed by atoms with Crippen LogP contribution in [0.1, 0.15) is 45.7 Å². The maximum Gasteiger partial charge on any atom is 0.308 e. The van der Waals surface area contributed by atoms with Crippen LogP contribution >= 0.6 is 0 Å². The van der Waals surface area contributed by atoms with E-state index in [1.54, 1.807) is 20.3 Å². The molecule has 0 spiro atoms. The topological polar surface area (TPSA) is 81.2 Å². The highest BCUT2D eigenvalue weighted by Gasteiger charge is 2.43. The lowest BCUT2D eigenvalue weighted by Gasteiger charge is -2.36. The molecule has 140 valence electrons. The first-order chi connectivity index (χ1) is 10.9. The highest BCUT2D eigenvalue weighted by atomic mass is 32.2. The van der Waals surface area contributed by atoms with E-state index in [0.29, 0.717) is 13.0 Å². The van der Waals surface area contributed by atoms with Crippen molar-refractivity contribution in [3.05, 3.63) is 11.9 Å². The van der Waals surface area contributed by atoms with Crippen molar-refractivity contribution in [2.45, 2.75) is 64.6 Å². The summed E-state index contributed by atoms with van der Waals surface area (Å²) in [6.45, 7) is 11.6. The molecule has 0 aromatic carbocycles. The van der Waals surface area contributed by atoms with Crippen molar-refractivity contribution in [3.63, 3.8) is 0 Å². The van der Waals surface area contributed by atoms with E-state index in [9.17, 15) is 8.42 Å². The van der Waals surface area contributed by atoms with Crippen LogP contribution in [-0.4, -0.2) is 50.4 Å². The molecule has 0 bridgehead atoms. The second-order valence-corrected chi connectivity index (χ2v) is 15.3. The molecule has 1 rings (SSSR count). The smallest absolute Gasteiger partial charge is 0.308 e. The van der Waals surface area contributed by atoms with E-state index >= 15 is 0 Å². The zero-order valence-corrected chi connectivity index (χ0v) is 18.1. The molecule has 0 radical (unpaired) electrons. The maximum absolute atomic E-state index is 12.9. The van der Waals surface area contributed by atoms with Crippen molar-refractivity contribution in [2.24, 2.45) is 5.73 Å². The van der Waals surface area contributed by atoms with E-state index in [0.717, 1.165) is 30.4 Å². The normalized spacial score (nSPS) is 13.7. The van der Waals surface area contributed by atoms with Gasteiger partial charge in [-0.3, -0.25) is 0 Å².